The summed E-state index contributed by atoms with van der Waals surface area (Å²) in [6.07, 6.45) is -0.609. The van der Waals surface area contributed by atoms with Crippen LogP contribution in [0.15, 0.2) is 24.3 Å². The van der Waals surface area contributed by atoms with Crippen molar-refractivity contribution in [2.24, 2.45) is 5.41 Å². The number of hydrogen-bond donors (Lipinski definition) is 1. The van der Waals surface area contributed by atoms with Crippen molar-refractivity contribution in [2.45, 2.75) is 87.0 Å². The molecule has 3 rings (SSSR count). The van der Waals surface area contributed by atoms with Gasteiger partial charge in [0.05, 0.1) is 11.4 Å². The maximum atomic E-state index is 13.2. The van der Waals surface area contributed by atoms with Gasteiger partial charge in [-0.1, -0.05) is 50.6 Å². The molecule has 0 radical (unpaired) electrons. The molecule has 0 aromatic heterocycles. The Balaban J connectivity index is 2.27. The van der Waals surface area contributed by atoms with Gasteiger partial charge in [-0.25, -0.2) is 13.2 Å². The summed E-state index contributed by atoms with van der Waals surface area (Å²) in [6.45, 7) is 18.0. The van der Waals surface area contributed by atoms with E-state index in [-0.39, 0.29) is 17.7 Å². The lowest BCUT2D eigenvalue weighted by Crippen LogP contribution is -2.41. The number of rotatable bonds is 6. The molecule has 1 N–H and O–H groups in total. The van der Waals surface area contributed by atoms with Gasteiger partial charge in [0, 0.05) is 18.7 Å². The number of nitrogens with zero attached hydrogens (tertiary/aromatic N) is 1. The van der Waals surface area contributed by atoms with E-state index in [0.29, 0.717) is 18.5 Å². The van der Waals surface area contributed by atoms with Crippen LogP contribution in [-0.4, -0.2) is 41.7 Å². The van der Waals surface area contributed by atoms with Crippen LogP contribution in [0.5, 0.6) is 0 Å². The second-order valence-corrected chi connectivity index (χ2v) is 14.2. The predicted molar refractivity (Wildman–Crippen MR) is 145 cm³/mol. The second-order valence-electron chi connectivity index (χ2n) is 12.2. The van der Waals surface area contributed by atoms with Crippen molar-refractivity contribution in [3.8, 4) is 11.1 Å². The fourth-order valence-electron chi connectivity index (χ4n) is 5.08. The Bertz CT molecular complexity index is 1250. The zero-order valence-electron chi connectivity index (χ0n) is 23.2. The molecule has 1 heterocycles. The quantitative estimate of drug-likeness (QED) is 0.514. The molecule has 0 unspecified atom stereocenters. The SMILES string of the molecule is Cc1ccc(-c2c(C)c3c(c(C)c2[C@H](OC(C)(C)C)C(=O)O)CCN(S(=O)(=O)CC(C)(C)C)C3)cc1. The van der Waals surface area contributed by atoms with Gasteiger partial charge in [0.2, 0.25) is 10.0 Å². The fourth-order valence-corrected chi connectivity index (χ4v) is 7.05. The van der Waals surface area contributed by atoms with E-state index in [9.17, 15) is 18.3 Å². The Morgan fingerprint density at radius 2 is 1.58 bits per heavy atom. The lowest BCUT2D eigenvalue weighted by Gasteiger charge is -2.35. The van der Waals surface area contributed by atoms with Gasteiger partial charge in [-0.15, -0.1) is 0 Å². The minimum Gasteiger partial charge on any atom is -0.479 e. The Labute approximate surface area is 216 Å². The normalized spacial score (nSPS) is 16.0. The number of ether oxygens (including phenoxy) is 1. The minimum absolute atomic E-state index is 0.0801. The van der Waals surface area contributed by atoms with E-state index in [1.54, 1.807) is 4.31 Å². The van der Waals surface area contributed by atoms with Crippen molar-refractivity contribution >= 4 is 16.0 Å². The van der Waals surface area contributed by atoms with Crippen molar-refractivity contribution in [3.05, 3.63) is 57.6 Å². The minimum atomic E-state index is -3.45. The summed E-state index contributed by atoms with van der Waals surface area (Å²) in [7, 11) is -3.45. The highest BCUT2D eigenvalue weighted by atomic mass is 32.2. The van der Waals surface area contributed by atoms with E-state index in [2.05, 4.69) is 0 Å². The van der Waals surface area contributed by atoms with Gasteiger partial charge in [0.15, 0.2) is 6.10 Å². The molecule has 1 aliphatic heterocycles. The van der Waals surface area contributed by atoms with Crippen LogP contribution in [0.3, 0.4) is 0 Å². The van der Waals surface area contributed by atoms with E-state index < -0.39 is 27.7 Å². The summed E-state index contributed by atoms with van der Waals surface area (Å²) in [4.78, 5) is 12.6. The van der Waals surface area contributed by atoms with Gasteiger partial charge < -0.3 is 9.84 Å². The first-order valence-electron chi connectivity index (χ1n) is 12.5. The van der Waals surface area contributed by atoms with Crippen LogP contribution >= 0.6 is 0 Å². The lowest BCUT2D eigenvalue weighted by atomic mass is 9.80. The topological polar surface area (TPSA) is 83.9 Å². The molecule has 0 spiro atoms. The van der Waals surface area contributed by atoms with Gasteiger partial charge in [-0.05, 0) is 86.8 Å². The molecule has 0 aliphatic carbocycles. The summed E-state index contributed by atoms with van der Waals surface area (Å²) < 4.78 is 34.2. The van der Waals surface area contributed by atoms with Gasteiger partial charge in [0.25, 0.3) is 0 Å². The first-order chi connectivity index (χ1) is 16.4. The second kappa shape index (κ2) is 9.92. The highest BCUT2D eigenvalue weighted by molar-refractivity contribution is 7.89. The molecular weight excluding hydrogens is 474 g/mol. The molecule has 0 saturated carbocycles. The van der Waals surface area contributed by atoms with Crippen molar-refractivity contribution < 1.29 is 23.1 Å². The third-order valence-electron chi connectivity index (χ3n) is 6.57. The summed E-state index contributed by atoms with van der Waals surface area (Å²) in [5, 5.41) is 10.3. The molecule has 0 bridgehead atoms. The van der Waals surface area contributed by atoms with Gasteiger partial charge in [-0.2, -0.15) is 4.31 Å². The number of sulfonamides is 1. The average molecular weight is 516 g/mol. The third kappa shape index (κ3) is 6.18. The van der Waals surface area contributed by atoms with Gasteiger partial charge in [0.1, 0.15) is 0 Å². The first kappa shape index (κ1) is 28.4. The van der Waals surface area contributed by atoms with Crippen LogP contribution in [-0.2, 0) is 32.5 Å². The molecule has 1 aliphatic rings. The zero-order valence-corrected chi connectivity index (χ0v) is 24.0. The lowest BCUT2D eigenvalue weighted by molar-refractivity contribution is -0.160. The smallest absolute Gasteiger partial charge is 0.337 e. The van der Waals surface area contributed by atoms with E-state index >= 15 is 0 Å². The van der Waals surface area contributed by atoms with E-state index in [1.165, 1.54) is 0 Å². The Hall–Kier alpha value is -2.22. The maximum Gasteiger partial charge on any atom is 0.337 e. The van der Waals surface area contributed by atoms with Crippen LogP contribution in [0.4, 0.5) is 0 Å². The summed E-state index contributed by atoms with van der Waals surface area (Å²) >= 11 is 0. The zero-order chi connectivity index (χ0) is 27.2. The molecule has 7 heteroatoms. The molecule has 198 valence electrons. The van der Waals surface area contributed by atoms with Crippen LogP contribution in [0, 0.1) is 26.2 Å². The summed E-state index contributed by atoms with van der Waals surface area (Å²) in [5.41, 5.74) is 6.25. The molecule has 36 heavy (non-hydrogen) atoms. The van der Waals surface area contributed by atoms with Crippen molar-refractivity contribution in [1.82, 2.24) is 4.31 Å². The number of benzene rings is 2. The monoisotopic (exact) mass is 515 g/mol. The van der Waals surface area contributed by atoms with Crippen molar-refractivity contribution in [1.29, 1.82) is 0 Å². The van der Waals surface area contributed by atoms with Gasteiger partial charge in [-0.3, -0.25) is 0 Å². The van der Waals surface area contributed by atoms with Crippen LogP contribution in [0.2, 0.25) is 0 Å². The van der Waals surface area contributed by atoms with Crippen molar-refractivity contribution in [2.75, 3.05) is 12.3 Å². The highest BCUT2D eigenvalue weighted by Crippen LogP contribution is 2.43. The number of aryl methyl sites for hydroxylation is 1. The average Bonchev–Trinajstić information content (AvgIpc) is 2.72. The standard InChI is InChI=1S/C29H41NO5S/c1-18-10-12-21(13-11-18)24-20(3)23-16-30(36(33,34)17-28(4,5)6)15-14-22(23)19(2)25(24)26(27(31)32)35-29(7,8)9/h10-13,26H,14-17H2,1-9H3,(H,31,32)/t26-/m0/s1. The molecular formula is C29H41NO5S. The van der Waals surface area contributed by atoms with E-state index in [1.807, 2.05) is 86.6 Å². The molecule has 0 saturated heterocycles. The van der Waals surface area contributed by atoms with E-state index in [0.717, 1.165) is 38.9 Å². The number of carbonyl (C=O) groups is 1. The number of fused-ring (bicyclic) bond motifs is 1. The number of carboxylic acid groups (broad SMARTS) is 1. The van der Waals surface area contributed by atoms with Crippen LogP contribution in [0.1, 0.15) is 81.0 Å². The molecule has 2 aromatic rings. The maximum absolute atomic E-state index is 13.2. The molecule has 0 amide bonds. The molecule has 6 nitrogen and oxygen atoms in total. The van der Waals surface area contributed by atoms with Gasteiger partial charge >= 0.3 is 5.97 Å². The molecule has 1 atom stereocenters. The Kier molecular flexibility index (Phi) is 7.81. The number of aliphatic carboxylic acids is 1. The first-order valence-corrected chi connectivity index (χ1v) is 14.1. The molecule has 0 fully saturated rings. The molecule has 2 aromatic carbocycles. The van der Waals surface area contributed by atoms with Crippen LogP contribution in [0.25, 0.3) is 11.1 Å². The predicted octanol–water partition coefficient (Wildman–Crippen LogP) is 5.95. The third-order valence-corrected chi connectivity index (χ3v) is 8.90. The number of hydrogen-bond acceptors (Lipinski definition) is 4. The fraction of sp³-hybridized carbons (Fsp3) is 0.552. The van der Waals surface area contributed by atoms with Crippen molar-refractivity contribution in [3.63, 3.8) is 0 Å². The largest absolute Gasteiger partial charge is 0.479 e. The van der Waals surface area contributed by atoms with Crippen LogP contribution < -0.4 is 0 Å². The summed E-state index contributed by atoms with van der Waals surface area (Å²) in [6, 6.07) is 8.02. The van der Waals surface area contributed by atoms with E-state index in [4.69, 9.17) is 4.74 Å². The Morgan fingerprint density at radius 3 is 2.08 bits per heavy atom. The highest BCUT2D eigenvalue weighted by Gasteiger charge is 2.37. The Morgan fingerprint density at radius 1 is 1.00 bits per heavy atom. The number of carboxylic acids is 1. The summed E-state index contributed by atoms with van der Waals surface area (Å²) in [5.74, 6) is -0.956.